The van der Waals surface area contributed by atoms with E-state index in [4.69, 9.17) is 0 Å². The van der Waals surface area contributed by atoms with E-state index in [1.54, 1.807) is 6.07 Å². The Bertz CT molecular complexity index is 1350. The van der Waals surface area contributed by atoms with Crippen molar-refractivity contribution in [1.29, 1.82) is 0 Å². The summed E-state index contributed by atoms with van der Waals surface area (Å²) in [5, 5.41) is 1.55. The van der Waals surface area contributed by atoms with Gasteiger partial charge in [0, 0.05) is 10.9 Å². The average Bonchev–Trinajstić information content (AvgIpc) is 2.92. The maximum absolute atomic E-state index is 15.2. The Morgan fingerprint density at radius 2 is 1.33 bits per heavy atom. The molecule has 1 heteroatoms. The predicted molar refractivity (Wildman–Crippen MR) is 152 cm³/mol. The molecule has 0 amide bonds. The van der Waals surface area contributed by atoms with Crippen LogP contribution >= 0.6 is 0 Å². The van der Waals surface area contributed by atoms with Gasteiger partial charge in [0.05, 0.1) is 5.56 Å². The van der Waals surface area contributed by atoms with Crippen molar-refractivity contribution in [3.05, 3.63) is 131 Å². The van der Waals surface area contributed by atoms with Gasteiger partial charge in [-0.25, -0.2) is 4.39 Å². The van der Waals surface area contributed by atoms with Crippen LogP contribution in [0.2, 0.25) is 0 Å². The van der Waals surface area contributed by atoms with Crippen LogP contribution in [0.3, 0.4) is 0 Å². The van der Waals surface area contributed by atoms with Gasteiger partial charge in [-0.1, -0.05) is 98.3 Å². The fraction of sp³-hybridized carbons (Fsp3) is 0.257. The second kappa shape index (κ2) is 12.9. The molecular weight excluding hydrogens is 439 g/mol. The first-order valence-electron chi connectivity index (χ1n) is 13.2. The molecular formula is C35H35F. The van der Waals surface area contributed by atoms with Crippen molar-refractivity contribution >= 4 is 10.8 Å². The predicted octanol–water partition coefficient (Wildman–Crippen LogP) is 9.02. The molecule has 0 fully saturated rings. The number of benzene rings is 4. The highest BCUT2D eigenvalue weighted by atomic mass is 19.1. The Morgan fingerprint density at radius 1 is 0.694 bits per heavy atom. The SMILES string of the molecule is C=CCCc1ccc(CCc2ccc3c(F)c(C#Cc4ccc(CCCCC)cc4)ccc3c2)cc1. The molecule has 4 aromatic carbocycles. The van der Waals surface area contributed by atoms with Crippen LogP contribution in [0.5, 0.6) is 0 Å². The zero-order valence-corrected chi connectivity index (χ0v) is 21.3. The summed E-state index contributed by atoms with van der Waals surface area (Å²) in [6, 6.07) is 27.0. The second-order valence-corrected chi connectivity index (χ2v) is 9.53. The lowest BCUT2D eigenvalue weighted by Gasteiger charge is -2.07. The van der Waals surface area contributed by atoms with E-state index in [1.165, 1.54) is 41.5 Å². The quantitative estimate of drug-likeness (QED) is 0.122. The Hall–Kier alpha value is -3.63. The van der Waals surface area contributed by atoms with Crippen LogP contribution in [0.1, 0.15) is 66.0 Å². The Labute approximate surface area is 215 Å². The van der Waals surface area contributed by atoms with Crippen molar-refractivity contribution in [1.82, 2.24) is 0 Å². The van der Waals surface area contributed by atoms with Gasteiger partial charge in [0.1, 0.15) is 5.82 Å². The van der Waals surface area contributed by atoms with E-state index >= 15 is 4.39 Å². The van der Waals surface area contributed by atoms with E-state index in [-0.39, 0.29) is 5.82 Å². The largest absolute Gasteiger partial charge is 0.205 e. The summed E-state index contributed by atoms with van der Waals surface area (Å²) in [5.74, 6) is 5.93. The topological polar surface area (TPSA) is 0 Å². The molecule has 0 heterocycles. The van der Waals surface area contributed by atoms with Crippen LogP contribution in [0, 0.1) is 17.7 Å². The Morgan fingerprint density at radius 3 is 2.06 bits per heavy atom. The van der Waals surface area contributed by atoms with Gasteiger partial charge in [-0.15, -0.1) is 6.58 Å². The lowest BCUT2D eigenvalue weighted by Crippen LogP contribution is -1.94. The van der Waals surface area contributed by atoms with Crippen molar-refractivity contribution in [2.45, 2.75) is 58.3 Å². The van der Waals surface area contributed by atoms with Crippen molar-refractivity contribution in [2.75, 3.05) is 0 Å². The number of halogens is 1. The third-order valence-electron chi connectivity index (χ3n) is 6.75. The van der Waals surface area contributed by atoms with Crippen LogP contribution in [0.4, 0.5) is 4.39 Å². The molecule has 0 aliphatic carbocycles. The standard InChI is InChI=1S/C35H35F/c1-3-5-7-9-28-12-16-30(17-13-28)20-22-32-23-24-33-26-31(21-25-34(33)35(32)36)19-18-29-14-10-27(11-15-29)8-6-4-2/h4,10-17,21,23-26H,2-3,5-9,18-19H2,1H3. The second-order valence-electron chi connectivity index (χ2n) is 9.53. The zero-order chi connectivity index (χ0) is 25.2. The molecule has 182 valence electrons. The third-order valence-corrected chi connectivity index (χ3v) is 6.75. The summed E-state index contributed by atoms with van der Waals surface area (Å²) in [6.45, 7) is 6.01. The minimum atomic E-state index is -0.238. The molecule has 4 rings (SSSR count). The molecule has 36 heavy (non-hydrogen) atoms. The highest BCUT2D eigenvalue weighted by molar-refractivity contribution is 5.85. The molecule has 0 aromatic heterocycles. The van der Waals surface area contributed by atoms with Crippen LogP contribution in [-0.4, -0.2) is 0 Å². The zero-order valence-electron chi connectivity index (χ0n) is 21.3. The summed E-state index contributed by atoms with van der Waals surface area (Å²) in [6.07, 6.45) is 10.7. The summed E-state index contributed by atoms with van der Waals surface area (Å²) in [4.78, 5) is 0. The van der Waals surface area contributed by atoms with Crippen LogP contribution in [0.25, 0.3) is 10.8 Å². The van der Waals surface area contributed by atoms with Crippen LogP contribution < -0.4 is 0 Å². The first-order valence-corrected chi connectivity index (χ1v) is 13.2. The number of hydrogen-bond donors (Lipinski definition) is 0. The Balaban J connectivity index is 1.41. The first kappa shape index (κ1) is 25.5. The number of hydrogen-bond acceptors (Lipinski definition) is 0. The summed E-state index contributed by atoms with van der Waals surface area (Å²) in [5.41, 5.74) is 6.58. The van der Waals surface area contributed by atoms with E-state index in [1.807, 2.05) is 36.4 Å². The third kappa shape index (κ3) is 6.96. The smallest absolute Gasteiger partial charge is 0.146 e. The van der Waals surface area contributed by atoms with Crippen molar-refractivity contribution in [3.8, 4) is 11.8 Å². The van der Waals surface area contributed by atoms with E-state index < -0.39 is 0 Å². The molecule has 0 atom stereocenters. The summed E-state index contributed by atoms with van der Waals surface area (Å²) < 4.78 is 15.2. The van der Waals surface area contributed by atoms with Gasteiger partial charge < -0.3 is 0 Å². The first-order chi connectivity index (χ1) is 17.7. The molecule has 0 aliphatic heterocycles. The monoisotopic (exact) mass is 474 g/mol. The molecule has 0 N–H and O–H groups in total. The van der Waals surface area contributed by atoms with Gasteiger partial charge >= 0.3 is 0 Å². The number of aryl methyl sites for hydroxylation is 4. The summed E-state index contributed by atoms with van der Waals surface area (Å²) in [7, 11) is 0. The highest BCUT2D eigenvalue weighted by Gasteiger charge is 2.07. The van der Waals surface area contributed by atoms with Gasteiger partial charge in [-0.3, -0.25) is 0 Å². The van der Waals surface area contributed by atoms with E-state index in [0.29, 0.717) is 10.9 Å². The van der Waals surface area contributed by atoms with Gasteiger partial charge in [-0.2, -0.15) is 0 Å². The van der Waals surface area contributed by atoms with E-state index in [9.17, 15) is 0 Å². The van der Waals surface area contributed by atoms with Crippen molar-refractivity contribution in [3.63, 3.8) is 0 Å². The maximum Gasteiger partial charge on any atom is 0.146 e. The average molecular weight is 475 g/mol. The molecule has 0 saturated heterocycles. The number of unbranched alkanes of at least 4 members (excludes halogenated alkanes) is 2. The molecule has 0 bridgehead atoms. The molecule has 0 saturated carbocycles. The fourth-order valence-electron chi connectivity index (χ4n) is 4.50. The normalized spacial score (nSPS) is 10.7. The molecule has 0 radical (unpaired) electrons. The molecule has 0 nitrogen and oxygen atoms in total. The fourth-order valence-corrected chi connectivity index (χ4v) is 4.50. The van der Waals surface area contributed by atoms with Gasteiger partial charge in [0.2, 0.25) is 0 Å². The minimum Gasteiger partial charge on any atom is -0.205 e. The van der Waals surface area contributed by atoms with Crippen molar-refractivity contribution in [2.24, 2.45) is 0 Å². The maximum atomic E-state index is 15.2. The van der Waals surface area contributed by atoms with E-state index in [0.717, 1.165) is 43.1 Å². The molecule has 0 aliphatic rings. The van der Waals surface area contributed by atoms with Crippen LogP contribution in [-0.2, 0) is 25.7 Å². The van der Waals surface area contributed by atoms with Gasteiger partial charge in [0.15, 0.2) is 0 Å². The van der Waals surface area contributed by atoms with Crippen LogP contribution in [0.15, 0.2) is 91.5 Å². The Kier molecular flexibility index (Phi) is 9.12. The number of fused-ring (bicyclic) bond motifs is 1. The minimum absolute atomic E-state index is 0.238. The molecule has 0 unspecified atom stereocenters. The highest BCUT2D eigenvalue weighted by Crippen LogP contribution is 2.23. The van der Waals surface area contributed by atoms with Gasteiger partial charge in [-0.05, 0) is 84.4 Å². The summed E-state index contributed by atoms with van der Waals surface area (Å²) >= 11 is 0. The van der Waals surface area contributed by atoms with E-state index in [2.05, 4.69) is 67.8 Å². The van der Waals surface area contributed by atoms with Gasteiger partial charge in [0.25, 0.3) is 0 Å². The lowest BCUT2D eigenvalue weighted by atomic mass is 9.98. The number of rotatable bonds is 10. The van der Waals surface area contributed by atoms with Crippen molar-refractivity contribution < 1.29 is 4.39 Å². The number of allylic oxidation sites excluding steroid dienone is 1. The molecule has 4 aromatic rings. The molecule has 0 spiro atoms. The lowest BCUT2D eigenvalue weighted by molar-refractivity contribution is 0.636.